The summed E-state index contributed by atoms with van der Waals surface area (Å²) in [7, 11) is 0. The zero-order chi connectivity index (χ0) is 32.8. The quantitative estimate of drug-likeness (QED) is 0.0638. The normalized spacial score (nSPS) is 12.5. The summed E-state index contributed by atoms with van der Waals surface area (Å²) < 4.78 is 91.2. The number of carbonyl (C=O) groups is 2. The first-order chi connectivity index (χ1) is 20.4. The molecule has 0 aliphatic heterocycles. The van der Waals surface area contributed by atoms with Crippen LogP contribution in [0, 0.1) is 0 Å². The van der Waals surface area contributed by atoms with Gasteiger partial charge in [0, 0.05) is 26.2 Å². The van der Waals surface area contributed by atoms with E-state index in [2.05, 4.69) is 0 Å². The Hall–Kier alpha value is -1.48. The maximum Gasteiger partial charge on any atom is 0.393 e. The molecule has 4 nitrogen and oxygen atoms in total. The Morgan fingerprint density at radius 3 is 0.814 bits per heavy atom. The van der Waals surface area contributed by atoms with E-state index in [1.165, 1.54) is 0 Å². The highest BCUT2D eigenvalue weighted by Gasteiger charge is 2.78. The van der Waals surface area contributed by atoms with Gasteiger partial charge in [-0.25, -0.2) is 0 Å². The number of rotatable bonds is 28. The lowest BCUT2D eigenvalue weighted by Crippen LogP contribution is -2.66. The maximum absolute atomic E-state index is 15.2. The average Bonchev–Trinajstić information content (AvgIpc) is 2.97. The second kappa shape index (κ2) is 22.9. The van der Waals surface area contributed by atoms with E-state index in [9.17, 15) is 9.59 Å². The van der Waals surface area contributed by atoms with Crippen LogP contribution in [-0.4, -0.2) is 65.6 Å². The van der Waals surface area contributed by atoms with Gasteiger partial charge in [-0.05, 0) is 25.7 Å². The molecule has 0 fully saturated rings. The summed E-state index contributed by atoms with van der Waals surface area (Å²) in [6.07, 6.45) is 14.2. The fourth-order valence-corrected chi connectivity index (χ4v) is 5.12. The predicted molar refractivity (Wildman–Crippen MR) is 163 cm³/mol. The average molecular weight is 631 g/mol. The van der Waals surface area contributed by atoms with Crippen LogP contribution < -0.4 is 0 Å². The summed E-state index contributed by atoms with van der Waals surface area (Å²) in [5.41, 5.74) is 0. The number of halogens is 6. The van der Waals surface area contributed by atoms with Crippen molar-refractivity contribution in [2.45, 2.75) is 174 Å². The lowest BCUT2D eigenvalue weighted by Gasteiger charge is -2.36. The Morgan fingerprint density at radius 1 is 0.395 bits per heavy atom. The molecule has 0 aromatic heterocycles. The van der Waals surface area contributed by atoms with E-state index >= 15 is 26.3 Å². The third kappa shape index (κ3) is 14.4. The van der Waals surface area contributed by atoms with Crippen molar-refractivity contribution < 1.29 is 35.9 Å². The van der Waals surface area contributed by atoms with Crippen LogP contribution in [0.5, 0.6) is 0 Å². The molecule has 0 spiro atoms. The highest BCUT2D eigenvalue weighted by molar-refractivity contribution is 5.90. The van der Waals surface area contributed by atoms with Gasteiger partial charge in [-0.3, -0.25) is 9.59 Å². The second-order valence-electron chi connectivity index (χ2n) is 12.0. The maximum atomic E-state index is 15.2. The van der Waals surface area contributed by atoms with E-state index in [0.717, 1.165) is 77.0 Å². The van der Waals surface area contributed by atoms with Gasteiger partial charge in [0.1, 0.15) is 0 Å². The number of hydrogen-bond acceptors (Lipinski definition) is 2. The summed E-state index contributed by atoms with van der Waals surface area (Å²) in [6.45, 7) is 7.11. The summed E-state index contributed by atoms with van der Waals surface area (Å²) in [5, 5.41) is 0. The van der Waals surface area contributed by atoms with Gasteiger partial charge in [-0.15, -0.1) is 0 Å². The molecular weight excluding hydrogens is 570 g/mol. The smallest absolute Gasteiger partial charge is 0.337 e. The van der Waals surface area contributed by atoms with Gasteiger partial charge in [-0.1, -0.05) is 130 Å². The zero-order valence-electron chi connectivity index (χ0n) is 27.4. The summed E-state index contributed by atoms with van der Waals surface area (Å²) in [6, 6.07) is 0. The number of carbonyl (C=O) groups excluding carboxylic acids is 2. The van der Waals surface area contributed by atoms with Gasteiger partial charge >= 0.3 is 17.8 Å². The van der Waals surface area contributed by atoms with Crippen molar-refractivity contribution in [3.05, 3.63) is 0 Å². The SMILES string of the molecule is CCCCCCCN(CCCCCCC)C(=O)C(F)(F)C(F)(F)C(F)(F)C(=O)N(CCCCCCC)CCCCCCC. The van der Waals surface area contributed by atoms with Crippen LogP contribution in [0.25, 0.3) is 0 Å². The molecule has 10 heteroatoms. The van der Waals surface area contributed by atoms with Crippen LogP contribution in [-0.2, 0) is 9.59 Å². The molecule has 0 saturated carbocycles. The van der Waals surface area contributed by atoms with Crippen LogP contribution >= 0.6 is 0 Å². The van der Waals surface area contributed by atoms with Gasteiger partial charge in [0.05, 0.1) is 0 Å². The van der Waals surface area contributed by atoms with Crippen LogP contribution in [0.4, 0.5) is 26.3 Å². The molecule has 0 aliphatic rings. The third-order valence-corrected chi connectivity index (χ3v) is 8.03. The molecule has 0 saturated heterocycles. The first kappa shape index (κ1) is 41.5. The number of alkyl halides is 6. The number of unbranched alkanes of at least 4 members (excludes halogenated alkanes) is 16. The van der Waals surface area contributed by atoms with Crippen molar-refractivity contribution in [2.75, 3.05) is 26.2 Å². The van der Waals surface area contributed by atoms with Gasteiger partial charge in [-0.2, -0.15) is 26.3 Å². The Labute approximate surface area is 257 Å². The van der Waals surface area contributed by atoms with E-state index in [4.69, 9.17) is 0 Å². The minimum atomic E-state index is -6.18. The second-order valence-corrected chi connectivity index (χ2v) is 12.0. The zero-order valence-corrected chi connectivity index (χ0v) is 27.4. The van der Waals surface area contributed by atoms with Crippen molar-refractivity contribution in [1.29, 1.82) is 0 Å². The van der Waals surface area contributed by atoms with E-state index < -0.39 is 29.6 Å². The molecule has 0 radical (unpaired) electrons. The Kier molecular flexibility index (Phi) is 22.2. The van der Waals surface area contributed by atoms with Crippen LogP contribution in [0.15, 0.2) is 0 Å². The molecule has 0 atom stereocenters. The molecule has 43 heavy (non-hydrogen) atoms. The molecule has 0 aliphatic carbocycles. The Bertz CT molecular complexity index is 650. The summed E-state index contributed by atoms with van der Waals surface area (Å²) >= 11 is 0. The molecule has 0 aromatic carbocycles. The van der Waals surface area contributed by atoms with E-state index in [-0.39, 0.29) is 26.2 Å². The fourth-order valence-electron chi connectivity index (χ4n) is 5.12. The van der Waals surface area contributed by atoms with Crippen molar-refractivity contribution in [3.8, 4) is 0 Å². The minimum absolute atomic E-state index is 0.219. The van der Waals surface area contributed by atoms with Crippen molar-refractivity contribution in [3.63, 3.8) is 0 Å². The van der Waals surface area contributed by atoms with Crippen molar-refractivity contribution in [1.82, 2.24) is 9.80 Å². The topological polar surface area (TPSA) is 40.6 Å². The summed E-state index contributed by atoms with van der Waals surface area (Å²) in [5.74, 6) is -22.3. The van der Waals surface area contributed by atoms with Crippen molar-refractivity contribution >= 4 is 11.8 Å². The van der Waals surface area contributed by atoms with Crippen LogP contribution in [0.1, 0.15) is 156 Å². The number of hydrogen-bond donors (Lipinski definition) is 0. The molecular formula is C33H60F6N2O2. The molecule has 0 heterocycles. The monoisotopic (exact) mass is 630 g/mol. The van der Waals surface area contributed by atoms with E-state index in [0.29, 0.717) is 61.2 Å². The van der Waals surface area contributed by atoms with Gasteiger partial charge in [0.15, 0.2) is 0 Å². The standard InChI is InChI=1S/C33H60F6N2O2/c1-5-9-13-17-21-25-40(26-22-18-14-10-6-2)29(42)31(34,35)33(38,39)32(36,37)30(43)41(27-23-19-15-11-7-3)28-24-20-16-12-8-4/h5-28H2,1-4H3. The highest BCUT2D eigenvalue weighted by atomic mass is 19.3. The Morgan fingerprint density at radius 2 is 0.605 bits per heavy atom. The summed E-state index contributed by atoms with van der Waals surface area (Å²) in [4.78, 5) is 27.0. The lowest BCUT2D eigenvalue weighted by molar-refractivity contribution is -0.293. The molecule has 0 N–H and O–H groups in total. The van der Waals surface area contributed by atoms with E-state index in [1.807, 2.05) is 27.7 Å². The molecule has 0 bridgehead atoms. The molecule has 2 amide bonds. The van der Waals surface area contributed by atoms with Crippen LogP contribution in [0.3, 0.4) is 0 Å². The largest absolute Gasteiger partial charge is 0.393 e. The van der Waals surface area contributed by atoms with Gasteiger partial charge in [0.25, 0.3) is 11.8 Å². The third-order valence-electron chi connectivity index (χ3n) is 8.03. The van der Waals surface area contributed by atoms with Crippen molar-refractivity contribution in [2.24, 2.45) is 0 Å². The molecule has 0 aromatic rings. The lowest BCUT2D eigenvalue weighted by atomic mass is 10.0. The van der Waals surface area contributed by atoms with Crippen LogP contribution in [0.2, 0.25) is 0 Å². The molecule has 256 valence electrons. The van der Waals surface area contributed by atoms with E-state index in [1.54, 1.807) is 0 Å². The number of nitrogens with zero attached hydrogens (tertiary/aromatic N) is 2. The predicted octanol–water partition coefficient (Wildman–Crippen LogP) is 10.4. The Balaban J connectivity index is 5.83. The first-order valence-electron chi connectivity index (χ1n) is 17.1. The molecule has 0 unspecified atom stereocenters. The van der Waals surface area contributed by atoms with Gasteiger partial charge < -0.3 is 9.80 Å². The minimum Gasteiger partial charge on any atom is -0.337 e. The molecule has 0 rings (SSSR count). The highest BCUT2D eigenvalue weighted by Crippen LogP contribution is 2.47. The van der Waals surface area contributed by atoms with Gasteiger partial charge in [0.2, 0.25) is 0 Å². The first-order valence-corrected chi connectivity index (χ1v) is 17.1. The fraction of sp³-hybridized carbons (Fsp3) is 0.939. The number of amides is 2.